The Hall–Kier alpha value is -1.13. The smallest absolute Gasteiger partial charge is 0.0554 e. The van der Waals surface area contributed by atoms with Crippen LogP contribution in [0.25, 0.3) is 0 Å². The lowest BCUT2D eigenvalue weighted by molar-refractivity contribution is 0.570. The van der Waals surface area contributed by atoms with E-state index in [2.05, 4.69) is 29.5 Å². The summed E-state index contributed by atoms with van der Waals surface area (Å²) >= 11 is 1.75. The largest absolute Gasteiger partial charge is 0.322 e. The van der Waals surface area contributed by atoms with E-state index >= 15 is 0 Å². The molecule has 4 heteroatoms. The molecule has 0 bridgehead atoms. The molecule has 1 unspecified atom stereocenters. The second-order valence-corrected chi connectivity index (χ2v) is 4.49. The Balaban J connectivity index is 2.11. The van der Waals surface area contributed by atoms with Gasteiger partial charge in [-0.2, -0.15) is 5.10 Å². The average molecular weight is 221 g/mol. The molecule has 0 aliphatic carbocycles. The van der Waals surface area contributed by atoms with Crippen LogP contribution in [0.1, 0.15) is 23.5 Å². The highest BCUT2D eigenvalue weighted by Gasteiger charge is 2.11. The lowest BCUT2D eigenvalue weighted by Gasteiger charge is -2.12. The van der Waals surface area contributed by atoms with Gasteiger partial charge in [0.15, 0.2) is 0 Å². The molecule has 2 N–H and O–H groups in total. The highest BCUT2D eigenvalue weighted by Crippen LogP contribution is 2.18. The summed E-state index contributed by atoms with van der Waals surface area (Å²) < 4.78 is 1.96. The molecule has 2 aromatic heterocycles. The van der Waals surface area contributed by atoms with Gasteiger partial charge in [-0.3, -0.25) is 4.68 Å². The lowest BCUT2D eigenvalue weighted by Crippen LogP contribution is -2.17. The molecule has 0 aromatic carbocycles. The molecule has 80 valence electrons. The zero-order chi connectivity index (χ0) is 10.7. The Morgan fingerprint density at radius 2 is 2.40 bits per heavy atom. The minimum absolute atomic E-state index is 0.0473. The van der Waals surface area contributed by atoms with E-state index < -0.39 is 0 Å². The van der Waals surface area contributed by atoms with Crippen molar-refractivity contribution >= 4 is 11.3 Å². The molecular formula is C11H15N3S. The Labute approximate surface area is 93.5 Å². The molecular weight excluding hydrogens is 206 g/mol. The maximum absolute atomic E-state index is 6.15. The highest BCUT2D eigenvalue weighted by atomic mass is 32.1. The van der Waals surface area contributed by atoms with Crippen molar-refractivity contribution in [1.82, 2.24) is 9.78 Å². The van der Waals surface area contributed by atoms with Gasteiger partial charge in [0, 0.05) is 24.0 Å². The summed E-state index contributed by atoms with van der Waals surface area (Å²) in [5.74, 6) is 0. The zero-order valence-electron chi connectivity index (χ0n) is 8.76. The first-order valence-corrected chi connectivity index (χ1v) is 5.99. The molecule has 2 heterocycles. The van der Waals surface area contributed by atoms with Crippen molar-refractivity contribution in [3.63, 3.8) is 0 Å². The topological polar surface area (TPSA) is 43.8 Å². The molecule has 0 amide bonds. The third-order valence-corrected chi connectivity index (χ3v) is 3.33. The maximum atomic E-state index is 6.15. The summed E-state index contributed by atoms with van der Waals surface area (Å²) in [6, 6.07) is 6.23. The van der Waals surface area contributed by atoms with Gasteiger partial charge in [0.1, 0.15) is 0 Å². The summed E-state index contributed by atoms with van der Waals surface area (Å²) in [7, 11) is 0. The Morgan fingerprint density at radius 3 is 3.07 bits per heavy atom. The molecule has 3 nitrogen and oxygen atoms in total. The van der Waals surface area contributed by atoms with Crippen molar-refractivity contribution in [3.8, 4) is 0 Å². The van der Waals surface area contributed by atoms with Gasteiger partial charge in [-0.15, -0.1) is 11.3 Å². The van der Waals surface area contributed by atoms with Gasteiger partial charge in [0.05, 0.1) is 11.7 Å². The van der Waals surface area contributed by atoms with Crippen molar-refractivity contribution in [1.29, 1.82) is 0 Å². The molecule has 0 aliphatic heterocycles. The summed E-state index contributed by atoms with van der Waals surface area (Å²) in [5.41, 5.74) is 7.27. The predicted octanol–water partition coefficient (Wildman–Crippen LogP) is 2.21. The Kier molecular flexibility index (Phi) is 3.18. The first kappa shape index (κ1) is 10.4. The fourth-order valence-electron chi connectivity index (χ4n) is 1.67. The molecule has 0 radical (unpaired) electrons. The average Bonchev–Trinajstić information content (AvgIpc) is 2.86. The SMILES string of the molecule is CCn1nccc1C(N)Cc1cccs1. The maximum Gasteiger partial charge on any atom is 0.0554 e. The number of rotatable bonds is 4. The first-order chi connectivity index (χ1) is 7.31. The first-order valence-electron chi connectivity index (χ1n) is 5.11. The minimum atomic E-state index is 0.0473. The van der Waals surface area contributed by atoms with Gasteiger partial charge in [-0.25, -0.2) is 0 Å². The van der Waals surface area contributed by atoms with E-state index in [0.29, 0.717) is 0 Å². The monoisotopic (exact) mass is 221 g/mol. The fraction of sp³-hybridized carbons (Fsp3) is 0.364. The van der Waals surface area contributed by atoms with Crippen LogP contribution in [-0.4, -0.2) is 9.78 Å². The van der Waals surface area contributed by atoms with Gasteiger partial charge in [-0.1, -0.05) is 6.07 Å². The van der Waals surface area contributed by atoms with Crippen molar-refractivity contribution < 1.29 is 0 Å². The van der Waals surface area contributed by atoms with Gasteiger partial charge in [0.2, 0.25) is 0 Å². The molecule has 1 atom stereocenters. The number of nitrogens with zero attached hydrogens (tertiary/aromatic N) is 2. The zero-order valence-corrected chi connectivity index (χ0v) is 9.57. The highest BCUT2D eigenvalue weighted by molar-refractivity contribution is 7.09. The molecule has 0 spiro atoms. The number of nitrogens with two attached hydrogens (primary N) is 1. The Morgan fingerprint density at radius 1 is 1.53 bits per heavy atom. The molecule has 0 saturated heterocycles. The number of hydrogen-bond donors (Lipinski definition) is 1. The third-order valence-electron chi connectivity index (χ3n) is 2.43. The lowest BCUT2D eigenvalue weighted by atomic mass is 10.1. The number of hydrogen-bond acceptors (Lipinski definition) is 3. The summed E-state index contributed by atoms with van der Waals surface area (Å²) in [6.07, 6.45) is 2.70. The second kappa shape index (κ2) is 4.59. The van der Waals surface area contributed by atoms with Gasteiger partial charge in [-0.05, 0) is 24.4 Å². The van der Waals surface area contributed by atoms with Crippen molar-refractivity contribution in [2.24, 2.45) is 5.73 Å². The van der Waals surface area contributed by atoms with Crippen LogP contribution in [0.2, 0.25) is 0 Å². The van der Waals surface area contributed by atoms with E-state index in [1.807, 2.05) is 16.9 Å². The predicted molar refractivity (Wildman–Crippen MR) is 62.9 cm³/mol. The fourth-order valence-corrected chi connectivity index (χ4v) is 2.44. The Bertz CT molecular complexity index is 405. The van der Waals surface area contributed by atoms with Crippen LogP contribution in [0.15, 0.2) is 29.8 Å². The third kappa shape index (κ3) is 2.27. The number of thiophene rings is 1. The number of aromatic nitrogens is 2. The van der Waals surface area contributed by atoms with E-state index in [1.165, 1.54) is 4.88 Å². The second-order valence-electron chi connectivity index (χ2n) is 3.46. The van der Waals surface area contributed by atoms with Gasteiger partial charge in [0.25, 0.3) is 0 Å². The van der Waals surface area contributed by atoms with Crippen LogP contribution >= 0.6 is 11.3 Å². The van der Waals surface area contributed by atoms with Crippen LogP contribution in [0.3, 0.4) is 0 Å². The summed E-state index contributed by atoms with van der Waals surface area (Å²) in [6.45, 7) is 2.95. The normalized spacial score (nSPS) is 12.9. The van der Waals surface area contributed by atoms with E-state index in [1.54, 1.807) is 11.3 Å². The quantitative estimate of drug-likeness (QED) is 0.860. The van der Waals surface area contributed by atoms with E-state index in [9.17, 15) is 0 Å². The van der Waals surface area contributed by atoms with Crippen LogP contribution in [0.5, 0.6) is 0 Å². The standard InChI is InChI=1S/C11H15N3S/c1-2-14-11(5-6-13-14)10(12)8-9-4-3-7-15-9/h3-7,10H,2,8,12H2,1H3. The molecule has 0 aliphatic rings. The molecule has 0 fully saturated rings. The van der Waals surface area contributed by atoms with Crippen molar-refractivity contribution in [3.05, 3.63) is 40.3 Å². The summed E-state index contributed by atoms with van der Waals surface area (Å²) in [5, 5.41) is 6.31. The van der Waals surface area contributed by atoms with Crippen LogP contribution in [-0.2, 0) is 13.0 Å². The van der Waals surface area contributed by atoms with Gasteiger partial charge < -0.3 is 5.73 Å². The van der Waals surface area contributed by atoms with E-state index in [-0.39, 0.29) is 6.04 Å². The molecule has 2 aromatic rings. The van der Waals surface area contributed by atoms with Crippen LogP contribution in [0.4, 0.5) is 0 Å². The molecule has 15 heavy (non-hydrogen) atoms. The van der Waals surface area contributed by atoms with Crippen LogP contribution < -0.4 is 5.73 Å². The summed E-state index contributed by atoms with van der Waals surface area (Å²) in [4.78, 5) is 1.33. The number of aryl methyl sites for hydroxylation is 1. The van der Waals surface area contributed by atoms with E-state index in [0.717, 1.165) is 18.7 Å². The minimum Gasteiger partial charge on any atom is -0.322 e. The van der Waals surface area contributed by atoms with Crippen LogP contribution in [0, 0.1) is 0 Å². The molecule has 0 saturated carbocycles. The van der Waals surface area contributed by atoms with E-state index in [4.69, 9.17) is 5.73 Å². The van der Waals surface area contributed by atoms with Crippen molar-refractivity contribution in [2.75, 3.05) is 0 Å². The van der Waals surface area contributed by atoms with Gasteiger partial charge >= 0.3 is 0 Å². The van der Waals surface area contributed by atoms with Crippen molar-refractivity contribution in [2.45, 2.75) is 25.9 Å². The molecule has 2 rings (SSSR count).